The molecular formula is C37H47FN4O. The molecule has 3 aromatic carbocycles. The number of hydrogen-bond acceptors (Lipinski definition) is 3. The van der Waals surface area contributed by atoms with Gasteiger partial charge >= 0.3 is 0 Å². The number of fused-ring (bicyclic) bond motifs is 1. The first-order valence-corrected chi connectivity index (χ1v) is 16.3. The average molecular weight is 583 g/mol. The summed E-state index contributed by atoms with van der Waals surface area (Å²) in [4.78, 5) is 16.2. The van der Waals surface area contributed by atoms with Crippen LogP contribution in [-0.2, 0) is 0 Å². The fraction of sp³-hybridized carbons (Fsp3) is 0.459. The lowest BCUT2D eigenvalue weighted by atomic mass is 9.88. The van der Waals surface area contributed by atoms with E-state index < -0.39 is 6.04 Å². The van der Waals surface area contributed by atoms with Crippen LogP contribution in [0.1, 0.15) is 106 Å². The van der Waals surface area contributed by atoms with E-state index in [4.69, 9.17) is 0 Å². The monoisotopic (exact) mass is 582 g/mol. The van der Waals surface area contributed by atoms with Gasteiger partial charge in [-0.15, -0.1) is 0 Å². The molecule has 228 valence electrons. The molecule has 1 fully saturated rings. The van der Waals surface area contributed by atoms with Gasteiger partial charge in [0.25, 0.3) is 5.91 Å². The van der Waals surface area contributed by atoms with Crippen LogP contribution in [0.25, 0.3) is 22.2 Å². The van der Waals surface area contributed by atoms with E-state index in [-0.39, 0.29) is 11.7 Å². The van der Waals surface area contributed by atoms with Crippen molar-refractivity contribution in [1.29, 1.82) is 0 Å². The topological polar surface area (TPSA) is 61.0 Å². The zero-order valence-electron chi connectivity index (χ0n) is 26.2. The number of nitrogens with zero attached hydrogens (tertiary/aromatic N) is 2. The van der Waals surface area contributed by atoms with Gasteiger partial charge in [-0.05, 0) is 93.3 Å². The molecule has 5 rings (SSSR count). The van der Waals surface area contributed by atoms with Crippen molar-refractivity contribution in [2.75, 3.05) is 13.1 Å². The summed E-state index contributed by atoms with van der Waals surface area (Å²) in [5.74, 6) is 0.352. The summed E-state index contributed by atoms with van der Waals surface area (Å²) < 4.78 is 14.6. The van der Waals surface area contributed by atoms with Gasteiger partial charge in [0, 0.05) is 28.1 Å². The van der Waals surface area contributed by atoms with Gasteiger partial charge in [-0.2, -0.15) is 5.10 Å². The molecule has 2 unspecified atom stereocenters. The van der Waals surface area contributed by atoms with Gasteiger partial charge in [0.15, 0.2) is 0 Å². The third-order valence-corrected chi connectivity index (χ3v) is 9.25. The highest BCUT2D eigenvalue weighted by molar-refractivity contribution is 6.01. The Morgan fingerprint density at radius 2 is 1.77 bits per heavy atom. The molecule has 2 atom stereocenters. The van der Waals surface area contributed by atoms with Gasteiger partial charge in [-0.1, -0.05) is 76.6 Å². The molecule has 4 aromatic rings. The summed E-state index contributed by atoms with van der Waals surface area (Å²) in [6, 6.07) is 21.5. The molecule has 1 aliphatic heterocycles. The first kappa shape index (κ1) is 30.9. The van der Waals surface area contributed by atoms with Crippen LogP contribution in [0, 0.1) is 11.7 Å². The van der Waals surface area contributed by atoms with Crippen molar-refractivity contribution in [1.82, 2.24) is 20.4 Å². The number of nitrogens with one attached hydrogen (secondary N) is 2. The number of halogens is 1. The van der Waals surface area contributed by atoms with E-state index in [1.165, 1.54) is 63.2 Å². The largest absolute Gasteiger partial charge is 0.345 e. The number of aromatic nitrogens is 2. The van der Waals surface area contributed by atoms with Crippen LogP contribution < -0.4 is 5.32 Å². The van der Waals surface area contributed by atoms with E-state index in [1.54, 1.807) is 18.2 Å². The van der Waals surface area contributed by atoms with Crippen molar-refractivity contribution in [2.24, 2.45) is 5.92 Å². The van der Waals surface area contributed by atoms with E-state index in [2.05, 4.69) is 72.4 Å². The fourth-order valence-electron chi connectivity index (χ4n) is 6.81. The van der Waals surface area contributed by atoms with Gasteiger partial charge in [0.05, 0.1) is 17.3 Å². The molecule has 43 heavy (non-hydrogen) atoms. The molecule has 6 heteroatoms. The molecule has 1 amide bonds. The lowest BCUT2D eigenvalue weighted by molar-refractivity contribution is 0.0931. The summed E-state index contributed by atoms with van der Waals surface area (Å²) in [5, 5.41) is 11.8. The molecule has 2 N–H and O–H groups in total. The Morgan fingerprint density at radius 1 is 1.00 bits per heavy atom. The second kappa shape index (κ2) is 14.3. The molecule has 0 aliphatic carbocycles. The number of aromatic amines is 1. The van der Waals surface area contributed by atoms with Crippen molar-refractivity contribution in [3.63, 3.8) is 0 Å². The van der Waals surface area contributed by atoms with Gasteiger partial charge in [-0.25, -0.2) is 4.39 Å². The van der Waals surface area contributed by atoms with Gasteiger partial charge in [0.2, 0.25) is 0 Å². The highest BCUT2D eigenvalue weighted by atomic mass is 19.1. The summed E-state index contributed by atoms with van der Waals surface area (Å²) in [6.45, 7) is 11.2. The van der Waals surface area contributed by atoms with E-state index >= 15 is 0 Å². The maximum absolute atomic E-state index is 14.6. The third-order valence-electron chi connectivity index (χ3n) is 9.25. The van der Waals surface area contributed by atoms with Crippen LogP contribution in [0.5, 0.6) is 0 Å². The van der Waals surface area contributed by atoms with Crippen molar-refractivity contribution in [2.45, 2.75) is 90.6 Å². The second-order valence-electron chi connectivity index (χ2n) is 12.6. The lowest BCUT2D eigenvalue weighted by Gasteiger charge is -2.34. The molecule has 1 saturated heterocycles. The molecule has 0 radical (unpaired) electrons. The molecule has 1 aliphatic rings. The number of carbonyl (C=O) groups excluding carboxylic acids is 1. The van der Waals surface area contributed by atoms with E-state index in [0.717, 1.165) is 22.2 Å². The fourth-order valence-corrected chi connectivity index (χ4v) is 6.81. The summed E-state index contributed by atoms with van der Waals surface area (Å²) in [5.41, 5.74) is 5.20. The normalized spacial score (nSPS) is 17.2. The Bertz CT molecular complexity index is 1490. The SMILES string of the molecule is CCC(CC)N1CCCCC(c2ccc(-c3n[nH]c4ccc(C(=O)NC(CC(C)C)c5ccccc5F)cc34)cc2)CC1. The molecule has 0 spiro atoms. The first-order valence-electron chi connectivity index (χ1n) is 16.3. The number of likely N-dealkylation sites (tertiary alicyclic amines) is 1. The first-order chi connectivity index (χ1) is 20.9. The van der Waals surface area contributed by atoms with Crippen molar-refractivity contribution >= 4 is 16.8 Å². The molecule has 1 aromatic heterocycles. The van der Waals surface area contributed by atoms with Crippen LogP contribution >= 0.6 is 0 Å². The molecule has 0 bridgehead atoms. The quantitative estimate of drug-likeness (QED) is 0.196. The van der Waals surface area contributed by atoms with Crippen molar-refractivity contribution < 1.29 is 9.18 Å². The van der Waals surface area contributed by atoms with E-state index in [1.807, 2.05) is 18.2 Å². The number of benzene rings is 3. The maximum atomic E-state index is 14.6. The Morgan fingerprint density at radius 3 is 2.49 bits per heavy atom. The average Bonchev–Trinajstić information content (AvgIpc) is 3.42. The third kappa shape index (κ3) is 7.35. The summed E-state index contributed by atoms with van der Waals surface area (Å²) in [6.07, 6.45) is 8.08. The standard InChI is InChI=1S/C37H47FN4O/c1-5-30(6-2)42-21-10-9-11-26(20-22-42)27-14-16-28(17-15-27)36-32-24-29(18-19-34(32)40-41-36)37(43)39-35(23-25(3)4)31-12-7-8-13-33(31)38/h7-8,12-19,24-26,30,35H,5-6,9-11,20-23H2,1-4H3,(H,39,43)(H,40,41). The molecule has 2 heterocycles. The van der Waals surface area contributed by atoms with Crippen molar-refractivity contribution in [3.8, 4) is 11.3 Å². The van der Waals surface area contributed by atoms with Crippen molar-refractivity contribution in [3.05, 3.63) is 89.2 Å². The Balaban J connectivity index is 1.34. The Hall–Kier alpha value is -3.51. The number of amides is 1. The molecular weight excluding hydrogens is 535 g/mol. The zero-order chi connectivity index (χ0) is 30.3. The lowest BCUT2D eigenvalue weighted by Crippen LogP contribution is -2.37. The van der Waals surface area contributed by atoms with Gasteiger partial charge in [-0.3, -0.25) is 9.89 Å². The maximum Gasteiger partial charge on any atom is 0.251 e. The Kier molecular flexibility index (Phi) is 10.3. The minimum atomic E-state index is -0.407. The van der Waals surface area contributed by atoms with Crippen LogP contribution in [0.3, 0.4) is 0 Å². The molecule has 5 nitrogen and oxygen atoms in total. The minimum Gasteiger partial charge on any atom is -0.345 e. The Labute approximate surface area is 256 Å². The number of hydrogen-bond donors (Lipinski definition) is 2. The highest BCUT2D eigenvalue weighted by Crippen LogP contribution is 2.33. The second-order valence-corrected chi connectivity index (χ2v) is 12.6. The van der Waals surface area contributed by atoms with E-state index in [0.29, 0.717) is 35.4 Å². The van der Waals surface area contributed by atoms with Crippen LogP contribution in [0.2, 0.25) is 0 Å². The number of carbonyl (C=O) groups is 1. The van der Waals surface area contributed by atoms with Crippen LogP contribution in [-0.4, -0.2) is 40.1 Å². The zero-order valence-corrected chi connectivity index (χ0v) is 26.2. The minimum absolute atomic E-state index is 0.218. The molecule has 0 saturated carbocycles. The number of H-pyrrole nitrogens is 1. The van der Waals surface area contributed by atoms with Crippen LogP contribution in [0.4, 0.5) is 4.39 Å². The van der Waals surface area contributed by atoms with E-state index in [9.17, 15) is 9.18 Å². The summed E-state index contributed by atoms with van der Waals surface area (Å²) in [7, 11) is 0. The smallest absolute Gasteiger partial charge is 0.251 e. The summed E-state index contributed by atoms with van der Waals surface area (Å²) >= 11 is 0. The van der Waals surface area contributed by atoms with Crippen LogP contribution in [0.15, 0.2) is 66.7 Å². The predicted octanol–water partition coefficient (Wildman–Crippen LogP) is 9.03. The predicted molar refractivity (Wildman–Crippen MR) is 175 cm³/mol. The number of rotatable bonds is 10. The van der Waals surface area contributed by atoms with Gasteiger partial charge < -0.3 is 10.2 Å². The van der Waals surface area contributed by atoms with Gasteiger partial charge in [0.1, 0.15) is 5.82 Å². The highest BCUT2D eigenvalue weighted by Gasteiger charge is 2.23.